The maximum absolute atomic E-state index is 9.60. The molecule has 0 fully saturated rings. The summed E-state index contributed by atoms with van der Waals surface area (Å²) in [7, 11) is 0. The Hall–Kier alpha value is -2.10. The van der Waals surface area contributed by atoms with Crippen LogP contribution >= 0.6 is 0 Å². The van der Waals surface area contributed by atoms with Gasteiger partial charge in [0.05, 0.1) is 0 Å². The van der Waals surface area contributed by atoms with Crippen molar-refractivity contribution in [3.05, 3.63) is 42.2 Å². The summed E-state index contributed by atoms with van der Waals surface area (Å²) in [6.07, 6.45) is 2.34. The Balaban J connectivity index is 2.42. The zero-order valence-electron chi connectivity index (χ0n) is 8.97. The summed E-state index contributed by atoms with van der Waals surface area (Å²) in [5.74, 6) is 1.30. The lowest BCUT2D eigenvalue weighted by Gasteiger charge is -2.02. The molecule has 0 unspecified atom stereocenters. The van der Waals surface area contributed by atoms with Gasteiger partial charge in [-0.15, -0.1) is 6.58 Å². The fourth-order valence-electron chi connectivity index (χ4n) is 1.45. The Labute approximate surface area is 93.2 Å². The predicted molar refractivity (Wildman–Crippen MR) is 60.0 cm³/mol. The molecule has 0 amide bonds. The molecule has 0 aliphatic heterocycles. The fraction of sp³-hybridized carbons (Fsp3) is 0.167. The number of aryl methyl sites for hydroxylation is 1. The minimum absolute atomic E-state index is 0.250. The van der Waals surface area contributed by atoms with Gasteiger partial charge in [0.2, 0.25) is 0 Å². The molecule has 0 aliphatic carbocycles. The molecule has 0 radical (unpaired) electrons. The van der Waals surface area contributed by atoms with Crippen molar-refractivity contribution in [1.29, 1.82) is 0 Å². The standard InChI is InChI=1S/C12H12N2O2/c1-3-4-9-7-10(5-6-11(9)15)12-13-8(2)14-16-12/h3,5-7,15H,1,4H2,2H3. The van der Waals surface area contributed by atoms with Crippen LogP contribution in [0.2, 0.25) is 0 Å². The number of phenolic OH excluding ortho intramolecular Hbond substituents is 1. The van der Waals surface area contributed by atoms with Gasteiger partial charge in [-0.2, -0.15) is 4.98 Å². The molecular weight excluding hydrogens is 204 g/mol. The van der Waals surface area contributed by atoms with E-state index in [1.165, 1.54) is 0 Å². The van der Waals surface area contributed by atoms with Crippen molar-refractivity contribution in [2.45, 2.75) is 13.3 Å². The van der Waals surface area contributed by atoms with Crippen molar-refractivity contribution >= 4 is 0 Å². The number of nitrogens with zero attached hydrogens (tertiary/aromatic N) is 2. The molecule has 0 bridgehead atoms. The second kappa shape index (κ2) is 4.18. The highest BCUT2D eigenvalue weighted by Crippen LogP contribution is 2.25. The molecule has 16 heavy (non-hydrogen) atoms. The highest BCUT2D eigenvalue weighted by atomic mass is 16.5. The number of allylic oxidation sites excluding steroid dienone is 1. The summed E-state index contributed by atoms with van der Waals surface area (Å²) in [6.45, 7) is 5.40. The normalized spacial score (nSPS) is 10.3. The largest absolute Gasteiger partial charge is 0.508 e. The lowest BCUT2D eigenvalue weighted by molar-refractivity contribution is 0.425. The van der Waals surface area contributed by atoms with E-state index in [9.17, 15) is 5.11 Å². The van der Waals surface area contributed by atoms with Crippen molar-refractivity contribution < 1.29 is 9.63 Å². The van der Waals surface area contributed by atoms with Crippen LogP contribution in [0.4, 0.5) is 0 Å². The maximum Gasteiger partial charge on any atom is 0.257 e. The summed E-state index contributed by atoms with van der Waals surface area (Å²) < 4.78 is 5.05. The van der Waals surface area contributed by atoms with Crippen LogP contribution in [0.5, 0.6) is 5.75 Å². The number of benzene rings is 1. The minimum Gasteiger partial charge on any atom is -0.508 e. The fourth-order valence-corrected chi connectivity index (χ4v) is 1.45. The number of hydrogen-bond acceptors (Lipinski definition) is 4. The molecule has 4 nitrogen and oxygen atoms in total. The molecule has 1 heterocycles. The van der Waals surface area contributed by atoms with Crippen LogP contribution < -0.4 is 0 Å². The molecule has 4 heteroatoms. The van der Waals surface area contributed by atoms with Crippen LogP contribution in [0.15, 0.2) is 35.4 Å². The summed E-state index contributed by atoms with van der Waals surface area (Å²) >= 11 is 0. The number of hydrogen-bond donors (Lipinski definition) is 1. The van der Waals surface area contributed by atoms with E-state index < -0.39 is 0 Å². The first-order chi connectivity index (χ1) is 7.70. The van der Waals surface area contributed by atoms with E-state index in [4.69, 9.17) is 4.52 Å². The van der Waals surface area contributed by atoms with Gasteiger partial charge >= 0.3 is 0 Å². The Morgan fingerprint density at radius 2 is 2.31 bits per heavy atom. The first-order valence-corrected chi connectivity index (χ1v) is 4.94. The number of rotatable bonds is 3. The Bertz CT molecular complexity index is 517. The van der Waals surface area contributed by atoms with Crippen LogP contribution in [0.1, 0.15) is 11.4 Å². The first kappa shape index (κ1) is 10.4. The van der Waals surface area contributed by atoms with E-state index in [-0.39, 0.29) is 5.75 Å². The molecular formula is C12H12N2O2. The minimum atomic E-state index is 0.250. The van der Waals surface area contributed by atoms with Gasteiger partial charge in [-0.25, -0.2) is 0 Å². The second-order valence-electron chi connectivity index (χ2n) is 3.48. The first-order valence-electron chi connectivity index (χ1n) is 4.94. The molecule has 0 saturated carbocycles. The third-order valence-electron chi connectivity index (χ3n) is 2.22. The quantitative estimate of drug-likeness (QED) is 0.801. The monoisotopic (exact) mass is 216 g/mol. The summed E-state index contributed by atoms with van der Waals surface area (Å²) in [5.41, 5.74) is 1.60. The lowest BCUT2D eigenvalue weighted by Crippen LogP contribution is -1.85. The summed E-state index contributed by atoms with van der Waals surface area (Å²) in [5, 5.41) is 13.3. The van der Waals surface area contributed by atoms with Gasteiger partial charge in [-0.1, -0.05) is 11.2 Å². The zero-order valence-corrected chi connectivity index (χ0v) is 8.97. The number of aromatic hydroxyl groups is 1. The van der Waals surface area contributed by atoms with Gasteiger partial charge in [0.25, 0.3) is 5.89 Å². The molecule has 0 saturated heterocycles. The van der Waals surface area contributed by atoms with Crippen molar-refractivity contribution in [2.24, 2.45) is 0 Å². The van der Waals surface area contributed by atoms with Crippen LogP contribution in [0.25, 0.3) is 11.5 Å². The number of phenols is 1. The van der Waals surface area contributed by atoms with Gasteiger partial charge in [0, 0.05) is 5.56 Å². The van der Waals surface area contributed by atoms with E-state index in [1.54, 1.807) is 25.1 Å². The highest BCUT2D eigenvalue weighted by molar-refractivity contribution is 5.57. The number of aromatic nitrogens is 2. The molecule has 0 atom stereocenters. The van der Waals surface area contributed by atoms with Crippen molar-refractivity contribution in [1.82, 2.24) is 10.1 Å². The zero-order chi connectivity index (χ0) is 11.5. The molecule has 2 rings (SSSR count). The van der Waals surface area contributed by atoms with Gasteiger partial charge in [-0.05, 0) is 37.1 Å². The van der Waals surface area contributed by atoms with Gasteiger partial charge in [-0.3, -0.25) is 0 Å². The third kappa shape index (κ3) is 1.95. The molecule has 0 aliphatic rings. The van der Waals surface area contributed by atoms with Crippen molar-refractivity contribution in [3.8, 4) is 17.2 Å². The van der Waals surface area contributed by atoms with Crippen LogP contribution in [-0.4, -0.2) is 15.2 Å². The Morgan fingerprint density at radius 1 is 1.50 bits per heavy atom. The van der Waals surface area contributed by atoms with Crippen LogP contribution in [0, 0.1) is 6.92 Å². The van der Waals surface area contributed by atoms with E-state index in [0.717, 1.165) is 11.1 Å². The molecule has 0 spiro atoms. The third-order valence-corrected chi connectivity index (χ3v) is 2.22. The Kier molecular flexibility index (Phi) is 2.72. The van der Waals surface area contributed by atoms with Crippen molar-refractivity contribution in [3.63, 3.8) is 0 Å². The molecule has 2 aromatic rings. The van der Waals surface area contributed by atoms with Gasteiger partial charge in [0.15, 0.2) is 5.82 Å². The molecule has 1 aromatic carbocycles. The lowest BCUT2D eigenvalue weighted by atomic mass is 10.1. The second-order valence-corrected chi connectivity index (χ2v) is 3.48. The highest BCUT2D eigenvalue weighted by Gasteiger charge is 2.08. The van der Waals surface area contributed by atoms with E-state index in [0.29, 0.717) is 18.1 Å². The van der Waals surface area contributed by atoms with Crippen LogP contribution in [0.3, 0.4) is 0 Å². The topological polar surface area (TPSA) is 59.2 Å². The average Bonchev–Trinajstić information content (AvgIpc) is 2.69. The molecule has 1 N–H and O–H groups in total. The van der Waals surface area contributed by atoms with Crippen LogP contribution in [-0.2, 0) is 6.42 Å². The van der Waals surface area contributed by atoms with E-state index in [1.807, 2.05) is 6.07 Å². The smallest absolute Gasteiger partial charge is 0.257 e. The van der Waals surface area contributed by atoms with E-state index in [2.05, 4.69) is 16.7 Å². The Morgan fingerprint density at radius 3 is 2.94 bits per heavy atom. The van der Waals surface area contributed by atoms with Gasteiger partial charge in [0.1, 0.15) is 5.75 Å². The predicted octanol–water partition coefficient (Wildman–Crippen LogP) is 2.48. The van der Waals surface area contributed by atoms with Crippen molar-refractivity contribution in [2.75, 3.05) is 0 Å². The SMILES string of the molecule is C=CCc1cc(-c2nc(C)no2)ccc1O. The van der Waals surface area contributed by atoms with Gasteiger partial charge < -0.3 is 9.63 Å². The summed E-state index contributed by atoms with van der Waals surface area (Å²) in [4.78, 5) is 4.13. The van der Waals surface area contributed by atoms with E-state index >= 15 is 0 Å². The summed E-state index contributed by atoms with van der Waals surface area (Å²) in [6, 6.07) is 5.19. The molecule has 1 aromatic heterocycles. The maximum atomic E-state index is 9.60. The molecule has 82 valence electrons. The average molecular weight is 216 g/mol.